The number of primary amides is 1. The predicted molar refractivity (Wildman–Crippen MR) is 127 cm³/mol. The van der Waals surface area contributed by atoms with Crippen molar-refractivity contribution in [1.82, 2.24) is 16.0 Å². The van der Waals surface area contributed by atoms with Crippen molar-refractivity contribution in [2.75, 3.05) is 0 Å². The summed E-state index contributed by atoms with van der Waals surface area (Å²) in [6, 6.07) is 3.46. The van der Waals surface area contributed by atoms with Crippen LogP contribution in [0.5, 0.6) is 0 Å². The number of aliphatic carboxylic acids is 2. The zero-order valence-electron chi connectivity index (χ0n) is 20.1. The first kappa shape index (κ1) is 30.0. The smallest absolute Gasteiger partial charge is 0.326 e. The van der Waals surface area contributed by atoms with Crippen molar-refractivity contribution < 1.29 is 39.0 Å². The van der Waals surface area contributed by atoms with Crippen LogP contribution in [0.25, 0.3) is 0 Å². The van der Waals surface area contributed by atoms with Gasteiger partial charge in [-0.3, -0.25) is 24.0 Å². The number of nitrogens with one attached hydrogen (secondary N) is 3. The Balaban J connectivity index is 3.09. The van der Waals surface area contributed by atoms with Gasteiger partial charge in [0.1, 0.15) is 18.1 Å². The lowest BCUT2D eigenvalue weighted by atomic mass is 10.00. The van der Waals surface area contributed by atoms with Crippen LogP contribution >= 0.6 is 0 Å². The van der Waals surface area contributed by atoms with Crippen LogP contribution in [0, 0.1) is 5.92 Å². The molecule has 4 unspecified atom stereocenters. The highest BCUT2D eigenvalue weighted by Crippen LogP contribution is 2.08. The molecule has 198 valence electrons. The van der Waals surface area contributed by atoms with Gasteiger partial charge in [0.15, 0.2) is 0 Å². The molecule has 0 radical (unpaired) electrons. The van der Waals surface area contributed by atoms with Crippen LogP contribution in [0.3, 0.4) is 0 Å². The maximum atomic E-state index is 13.1. The maximum absolute atomic E-state index is 13.1. The molecule has 1 aromatic carbocycles. The van der Waals surface area contributed by atoms with E-state index in [2.05, 4.69) is 16.0 Å². The number of nitrogens with two attached hydrogens (primary N) is 2. The first-order valence-electron chi connectivity index (χ1n) is 11.2. The standard InChI is InChI=1S/C23H33N5O8/c1-12(2)19(28-20(32)14(24)11-17(25)29)22(34)27-16(10-13-6-4-3-5-7-13)21(33)26-15(23(35)36)8-9-18(30)31/h3-7,12,14-16,19H,8-11,24H2,1-2H3,(H2,25,29)(H,26,33)(H,27,34)(H,28,32)(H,30,31)(H,35,36). The lowest BCUT2D eigenvalue weighted by Crippen LogP contribution is -2.59. The summed E-state index contributed by atoms with van der Waals surface area (Å²) in [5, 5.41) is 25.5. The number of hydrogen-bond acceptors (Lipinski definition) is 7. The topological polar surface area (TPSA) is 231 Å². The molecule has 0 aromatic heterocycles. The first-order valence-corrected chi connectivity index (χ1v) is 11.2. The molecule has 13 heteroatoms. The molecule has 0 saturated carbocycles. The van der Waals surface area contributed by atoms with Crippen molar-refractivity contribution >= 4 is 35.6 Å². The van der Waals surface area contributed by atoms with Crippen molar-refractivity contribution in [3.8, 4) is 0 Å². The minimum absolute atomic E-state index is 0.0103. The Kier molecular flexibility index (Phi) is 12.0. The summed E-state index contributed by atoms with van der Waals surface area (Å²) >= 11 is 0. The first-order chi connectivity index (χ1) is 16.8. The van der Waals surface area contributed by atoms with Crippen LogP contribution in [-0.2, 0) is 35.2 Å². The molecular formula is C23H33N5O8. The Morgan fingerprint density at radius 1 is 0.861 bits per heavy atom. The molecule has 0 aliphatic carbocycles. The number of hydrogen-bond donors (Lipinski definition) is 7. The molecule has 36 heavy (non-hydrogen) atoms. The van der Waals surface area contributed by atoms with Gasteiger partial charge in [0.05, 0.1) is 12.5 Å². The number of carboxylic acids is 2. The van der Waals surface area contributed by atoms with E-state index in [1.807, 2.05) is 0 Å². The van der Waals surface area contributed by atoms with Crippen LogP contribution in [0.2, 0.25) is 0 Å². The molecule has 9 N–H and O–H groups in total. The van der Waals surface area contributed by atoms with Gasteiger partial charge < -0.3 is 37.6 Å². The Bertz CT molecular complexity index is 953. The average molecular weight is 508 g/mol. The van der Waals surface area contributed by atoms with E-state index in [0.717, 1.165) is 0 Å². The predicted octanol–water partition coefficient (Wildman–Crippen LogP) is -1.51. The summed E-state index contributed by atoms with van der Waals surface area (Å²) in [7, 11) is 0. The number of benzene rings is 1. The minimum Gasteiger partial charge on any atom is -0.481 e. The second kappa shape index (κ2) is 14.4. The van der Waals surface area contributed by atoms with Crippen molar-refractivity contribution in [3.63, 3.8) is 0 Å². The third kappa shape index (κ3) is 10.5. The molecule has 0 bridgehead atoms. The Hall–Kier alpha value is -4.00. The second-order valence-corrected chi connectivity index (χ2v) is 8.59. The van der Waals surface area contributed by atoms with Crippen LogP contribution in [0.15, 0.2) is 30.3 Å². The average Bonchev–Trinajstić information content (AvgIpc) is 2.78. The van der Waals surface area contributed by atoms with Gasteiger partial charge in [0, 0.05) is 12.8 Å². The summed E-state index contributed by atoms with van der Waals surface area (Å²) in [5.41, 5.74) is 11.4. The van der Waals surface area contributed by atoms with Gasteiger partial charge in [-0.2, -0.15) is 0 Å². The summed E-state index contributed by atoms with van der Waals surface area (Å²) in [6.45, 7) is 3.28. The quantitative estimate of drug-likeness (QED) is 0.146. The number of rotatable bonds is 15. The highest BCUT2D eigenvalue weighted by Gasteiger charge is 2.32. The van der Waals surface area contributed by atoms with Crippen LogP contribution < -0.4 is 27.4 Å². The van der Waals surface area contributed by atoms with Crippen molar-refractivity contribution in [2.45, 2.75) is 63.7 Å². The number of amides is 4. The fourth-order valence-corrected chi connectivity index (χ4v) is 3.22. The molecule has 4 amide bonds. The highest BCUT2D eigenvalue weighted by molar-refractivity contribution is 5.95. The van der Waals surface area contributed by atoms with Gasteiger partial charge in [0.2, 0.25) is 23.6 Å². The van der Waals surface area contributed by atoms with Gasteiger partial charge in [-0.1, -0.05) is 44.2 Å². The summed E-state index contributed by atoms with van der Waals surface area (Å²) in [6.07, 6.45) is -1.28. The maximum Gasteiger partial charge on any atom is 0.326 e. The number of carbonyl (C=O) groups excluding carboxylic acids is 4. The van der Waals surface area contributed by atoms with Gasteiger partial charge in [-0.25, -0.2) is 4.79 Å². The van der Waals surface area contributed by atoms with E-state index >= 15 is 0 Å². The molecule has 0 fully saturated rings. The van der Waals surface area contributed by atoms with Gasteiger partial charge in [-0.05, 0) is 17.9 Å². The largest absolute Gasteiger partial charge is 0.481 e. The summed E-state index contributed by atoms with van der Waals surface area (Å²) < 4.78 is 0. The fourth-order valence-electron chi connectivity index (χ4n) is 3.22. The molecule has 0 aliphatic heterocycles. The second-order valence-electron chi connectivity index (χ2n) is 8.59. The van der Waals surface area contributed by atoms with Gasteiger partial charge in [0.25, 0.3) is 0 Å². The fraction of sp³-hybridized carbons (Fsp3) is 0.478. The minimum atomic E-state index is -1.49. The highest BCUT2D eigenvalue weighted by atomic mass is 16.4. The summed E-state index contributed by atoms with van der Waals surface area (Å²) in [4.78, 5) is 71.8. The van der Waals surface area contributed by atoms with E-state index in [4.69, 9.17) is 16.6 Å². The van der Waals surface area contributed by atoms with Crippen LogP contribution in [0.4, 0.5) is 0 Å². The zero-order valence-corrected chi connectivity index (χ0v) is 20.1. The summed E-state index contributed by atoms with van der Waals surface area (Å²) in [5.74, 6) is -6.26. The zero-order chi connectivity index (χ0) is 27.4. The van der Waals surface area contributed by atoms with Crippen LogP contribution in [0.1, 0.15) is 38.7 Å². The Labute approximate surface area is 208 Å². The Morgan fingerprint density at radius 3 is 1.94 bits per heavy atom. The van der Waals surface area contributed by atoms with E-state index in [0.29, 0.717) is 5.56 Å². The van der Waals surface area contributed by atoms with E-state index in [1.54, 1.807) is 44.2 Å². The molecule has 0 aliphatic rings. The normalized spacial score (nSPS) is 14.1. The molecule has 13 nitrogen and oxygen atoms in total. The third-order valence-corrected chi connectivity index (χ3v) is 5.18. The van der Waals surface area contributed by atoms with Crippen molar-refractivity contribution in [3.05, 3.63) is 35.9 Å². The molecule has 1 aromatic rings. The van der Waals surface area contributed by atoms with Crippen molar-refractivity contribution in [1.29, 1.82) is 0 Å². The number of carboxylic acid groups (broad SMARTS) is 2. The van der Waals surface area contributed by atoms with Crippen molar-refractivity contribution in [2.24, 2.45) is 17.4 Å². The molecule has 1 rings (SSSR count). The Morgan fingerprint density at radius 2 is 1.44 bits per heavy atom. The van der Waals surface area contributed by atoms with E-state index in [1.165, 1.54) is 0 Å². The van der Waals surface area contributed by atoms with Gasteiger partial charge in [-0.15, -0.1) is 0 Å². The van der Waals surface area contributed by atoms with E-state index in [9.17, 15) is 33.9 Å². The monoisotopic (exact) mass is 507 g/mol. The molecular weight excluding hydrogens is 474 g/mol. The molecule has 0 spiro atoms. The SMILES string of the molecule is CC(C)C(NC(=O)C(N)CC(N)=O)C(=O)NC(Cc1ccccc1)C(=O)NC(CCC(=O)O)C(=O)O. The molecule has 0 saturated heterocycles. The van der Waals surface area contributed by atoms with Crippen LogP contribution in [-0.4, -0.2) is 69.9 Å². The molecule has 4 atom stereocenters. The lowest BCUT2D eigenvalue weighted by molar-refractivity contribution is -0.143. The van der Waals surface area contributed by atoms with E-state index < -0.39 is 78.5 Å². The molecule has 0 heterocycles. The lowest BCUT2D eigenvalue weighted by Gasteiger charge is -2.27. The van der Waals surface area contributed by atoms with Gasteiger partial charge >= 0.3 is 11.9 Å². The number of carbonyl (C=O) groups is 6. The van der Waals surface area contributed by atoms with E-state index in [-0.39, 0.29) is 12.8 Å². The third-order valence-electron chi connectivity index (χ3n) is 5.18.